The Labute approximate surface area is 117 Å². The van der Waals surface area contributed by atoms with E-state index in [0.717, 1.165) is 52.0 Å². The van der Waals surface area contributed by atoms with Gasteiger partial charge in [-0.1, -0.05) is 13.8 Å². The van der Waals surface area contributed by atoms with E-state index in [4.69, 9.17) is 0 Å². The molecule has 2 heterocycles. The highest BCUT2D eigenvalue weighted by Crippen LogP contribution is 2.22. The van der Waals surface area contributed by atoms with Crippen LogP contribution in [-0.2, 0) is 4.79 Å². The lowest BCUT2D eigenvalue weighted by Crippen LogP contribution is -2.49. The van der Waals surface area contributed by atoms with Gasteiger partial charge in [-0.3, -0.25) is 4.79 Å². The number of rotatable bonds is 4. The van der Waals surface area contributed by atoms with E-state index in [1.54, 1.807) is 0 Å². The monoisotopic (exact) mass is 267 g/mol. The first-order valence-electron chi connectivity index (χ1n) is 7.93. The summed E-state index contributed by atoms with van der Waals surface area (Å²) in [5, 5.41) is 3.38. The molecule has 0 saturated carbocycles. The molecule has 0 spiro atoms. The Bertz CT molecular complexity index is 296. The molecule has 4 nitrogen and oxygen atoms in total. The van der Waals surface area contributed by atoms with Crippen LogP contribution in [-0.4, -0.2) is 60.5 Å². The van der Waals surface area contributed by atoms with Crippen LogP contribution in [0.1, 0.15) is 40.0 Å². The van der Waals surface area contributed by atoms with Gasteiger partial charge in [0.2, 0.25) is 5.91 Å². The molecule has 2 fully saturated rings. The molecular weight excluding hydrogens is 238 g/mol. The molecule has 110 valence electrons. The van der Waals surface area contributed by atoms with Crippen LogP contribution < -0.4 is 5.32 Å². The predicted octanol–water partition coefficient (Wildman–Crippen LogP) is 1.32. The number of nitrogens with zero attached hydrogens (tertiary/aromatic N) is 2. The van der Waals surface area contributed by atoms with Gasteiger partial charge in [-0.05, 0) is 45.8 Å². The van der Waals surface area contributed by atoms with Crippen molar-refractivity contribution in [3.05, 3.63) is 0 Å². The highest BCUT2D eigenvalue weighted by Gasteiger charge is 2.34. The molecule has 0 aromatic heterocycles. The molecule has 0 aromatic rings. The molecule has 4 heteroatoms. The second-order valence-electron chi connectivity index (χ2n) is 5.92. The minimum absolute atomic E-state index is 0.213. The van der Waals surface area contributed by atoms with E-state index in [0.29, 0.717) is 18.0 Å². The van der Waals surface area contributed by atoms with Gasteiger partial charge in [0.25, 0.3) is 0 Å². The largest absolute Gasteiger partial charge is 0.342 e. The number of hydrogen-bond acceptors (Lipinski definition) is 3. The Balaban J connectivity index is 1.84. The van der Waals surface area contributed by atoms with E-state index >= 15 is 0 Å². The Hall–Kier alpha value is -0.610. The molecule has 2 aliphatic rings. The van der Waals surface area contributed by atoms with Crippen LogP contribution >= 0.6 is 0 Å². The van der Waals surface area contributed by atoms with Gasteiger partial charge in [0.15, 0.2) is 0 Å². The Morgan fingerprint density at radius 3 is 2.32 bits per heavy atom. The van der Waals surface area contributed by atoms with E-state index < -0.39 is 0 Å². The zero-order valence-electron chi connectivity index (χ0n) is 12.7. The standard InChI is InChI=1S/C15H29N3O/c1-4-17(5-2)13-7-10-18(11-8-13)15(19)14-6-9-16-12(14)3/h12-14,16H,4-11H2,1-3H3. The molecular formula is C15H29N3O. The normalized spacial score (nSPS) is 29.2. The third kappa shape index (κ3) is 3.29. The maximum absolute atomic E-state index is 12.5. The van der Waals surface area contributed by atoms with Crippen molar-refractivity contribution in [1.82, 2.24) is 15.1 Å². The number of likely N-dealkylation sites (tertiary alicyclic amines) is 1. The van der Waals surface area contributed by atoms with Crippen molar-refractivity contribution in [3.63, 3.8) is 0 Å². The van der Waals surface area contributed by atoms with Crippen molar-refractivity contribution in [1.29, 1.82) is 0 Å². The second-order valence-corrected chi connectivity index (χ2v) is 5.92. The Morgan fingerprint density at radius 1 is 1.21 bits per heavy atom. The summed E-state index contributed by atoms with van der Waals surface area (Å²) in [6.07, 6.45) is 3.29. The fraction of sp³-hybridized carbons (Fsp3) is 0.933. The van der Waals surface area contributed by atoms with Crippen LogP contribution in [0, 0.1) is 5.92 Å². The lowest BCUT2D eigenvalue weighted by molar-refractivity contribution is -0.137. The summed E-state index contributed by atoms with van der Waals surface area (Å²) in [5.74, 6) is 0.598. The minimum atomic E-state index is 0.213. The predicted molar refractivity (Wildman–Crippen MR) is 78.1 cm³/mol. The molecule has 2 atom stereocenters. The summed E-state index contributed by atoms with van der Waals surface area (Å²) < 4.78 is 0. The van der Waals surface area contributed by atoms with E-state index in [-0.39, 0.29) is 5.92 Å². The first-order valence-corrected chi connectivity index (χ1v) is 7.93. The summed E-state index contributed by atoms with van der Waals surface area (Å²) in [4.78, 5) is 17.1. The van der Waals surface area contributed by atoms with Crippen LogP contribution in [0.3, 0.4) is 0 Å². The maximum atomic E-state index is 12.5. The molecule has 0 aliphatic carbocycles. The maximum Gasteiger partial charge on any atom is 0.227 e. The van der Waals surface area contributed by atoms with Crippen LogP contribution in [0.5, 0.6) is 0 Å². The highest BCUT2D eigenvalue weighted by atomic mass is 16.2. The second kappa shape index (κ2) is 6.71. The quantitative estimate of drug-likeness (QED) is 0.834. The van der Waals surface area contributed by atoms with E-state index in [1.807, 2.05) is 0 Å². The fourth-order valence-corrected chi connectivity index (χ4v) is 3.62. The summed E-state index contributed by atoms with van der Waals surface area (Å²) in [6.45, 7) is 11.7. The lowest BCUT2D eigenvalue weighted by Gasteiger charge is -2.38. The highest BCUT2D eigenvalue weighted by molar-refractivity contribution is 5.80. The molecule has 1 amide bonds. The summed E-state index contributed by atoms with van der Waals surface area (Å²) in [6, 6.07) is 1.03. The number of carbonyl (C=O) groups is 1. The van der Waals surface area contributed by atoms with Crippen molar-refractivity contribution < 1.29 is 4.79 Å². The number of piperidine rings is 1. The molecule has 2 unspecified atom stereocenters. The number of nitrogens with one attached hydrogen (secondary N) is 1. The van der Waals surface area contributed by atoms with Crippen molar-refractivity contribution in [2.45, 2.75) is 52.1 Å². The fourth-order valence-electron chi connectivity index (χ4n) is 3.62. The summed E-state index contributed by atoms with van der Waals surface area (Å²) in [5.41, 5.74) is 0. The SMILES string of the molecule is CCN(CC)C1CCN(C(=O)C2CCNC2C)CC1. The van der Waals surface area contributed by atoms with Crippen molar-refractivity contribution in [3.8, 4) is 0 Å². The average molecular weight is 267 g/mol. The molecule has 0 radical (unpaired) electrons. The van der Waals surface area contributed by atoms with Crippen LogP contribution in [0.25, 0.3) is 0 Å². The van der Waals surface area contributed by atoms with Gasteiger partial charge in [0.05, 0.1) is 5.92 Å². The third-order valence-electron chi connectivity index (χ3n) is 4.95. The van der Waals surface area contributed by atoms with Crippen molar-refractivity contribution >= 4 is 5.91 Å². The van der Waals surface area contributed by atoms with Gasteiger partial charge in [-0.15, -0.1) is 0 Å². The van der Waals surface area contributed by atoms with E-state index in [1.165, 1.54) is 0 Å². The van der Waals surface area contributed by atoms with Gasteiger partial charge >= 0.3 is 0 Å². The molecule has 2 saturated heterocycles. The molecule has 0 aromatic carbocycles. The average Bonchev–Trinajstić information content (AvgIpc) is 2.86. The molecule has 2 aliphatic heterocycles. The third-order valence-corrected chi connectivity index (χ3v) is 4.95. The zero-order valence-corrected chi connectivity index (χ0v) is 12.7. The smallest absolute Gasteiger partial charge is 0.227 e. The van der Waals surface area contributed by atoms with Crippen molar-refractivity contribution in [2.24, 2.45) is 5.92 Å². The van der Waals surface area contributed by atoms with Gasteiger partial charge in [0, 0.05) is 25.2 Å². The van der Waals surface area contributed by atoms with Crippen LogP contribution in [0.4, 0.5) is 0 Å². The first-order chi connectivity index (χ1) is 9.17. The lowest BCUT2D eigenvalue weighted by atomic mass is 9.97. The molecule has 2 rings (SSSR count). The minimum Gasteiger partial charge on any atom is -0.342 e. The number of amides is 1. The topological polar surface area (TPSA) is 35.6 Å². The zero-order chi connectivity index (χ0) is 13.8. The number of hydrogen-bond donors (Lipinski definition) is 1. The van der Waals surface area contributed by atoms with Gasteiger partial charge in [0.1, 0.15) is 0 Å². The van der Waals surface area contributed by atoms with Gasteiger partial charge < -0.3 is 15.1 Å². The van der Waals surface area contributed by atoms with Gasteiger partial charge in [-0.25, -0.2) is 0 Å². The number of carbonyl (C=O) groups excluding carboxylic acids is 1. The Kier molecular flexibility index (Phi) is 5.22. The van der Waals surface area contributed by atoms with E-state index in [2.05, 4.69) is 35.9 Å². The molecule has 0 bridgehead atoms. The summed E-state index contributed by atoms with van der Waals surface area (Å²) >= 11 is 0. The van der Waals surface area contributed by atoms with Gasteiger partial charge in [-0.2, -0.15) is 0 Å². The van der Waals surface area contributed by atoms with Crippen LogP contribution in [0.2, 0.25) is 0 Å². The summed E-state index contributed by atoms with van der Waals surface area (Å²) in [7, 11) is 0. The first kappa shape index (κ1) is 14.8. The Morgan fingerprint density at radius 2 is 1.84 bits per heavy atom. The molecule has 1 N–H and O–H groups in total. The van der Waals surface area contributed by atoms with Crippen molar-refractivity contribution in [2.75, 3.05) is 32.7 Å². The van der Waals surface area contributed by atoms with E-state index in [9.17, 15) is 4.79 Å². The van der Waals surface area contributed by atoms with Crippen LogP contribution in [0.15, 0.2) is 0 Å². The molecule has 19 heavy (non-hydrogen) atoms.